The van der Waals surface area contributed by atoms with Crippen LogP contribution >= 0.6 is 23.2 Å². The van der Waals surface area contributed by atoms with Gasteiger partial charge in [-0.3, -0.25) is 9.59 Å². The Morgan fingerprint density at radius 1 is 1.12 bits per heavy atom. The fraction of sp³-hybridized carbons (Fsp3) is 0.227. The highest BCUT2D eigenvalue weighted by molar-refractivity contribution is 6.35. The zero-order chi connectivity index (χ0) is 23.0. The van der Waals surface area contributed by atoms with E-state index in [1.807, 2.05) is 19.1 Å². The number of fused-ring (bicyclic) bond motifs is 1. The average molecular weight is 475 g/mol. The predicted octanol–water partition coefficient (Wildman–Crippen LogP) is 4.70. The van der Waals surface area contributed by atoms with Crippen LogP contribution in [0.5, 0.6) is 11.5 Å². The van der Waals surface area contributed by atoms with E-state index in [0.717, 1.165) is 11.1 Å². The van der Waals surface area contributed by atoms with Gasteiger partial charge in [0.05, 0.1) is 26.3 Å². The van der Waals surface area contributed by atoms with Crippen LogP contribution in [0.2, 0.25) is 10.0 Å². The molecule has 0 fully saturated rings. The van der Waals surface area contributed by atoms with Gasteiger partial charge < -0.3 is 20.1 Å². The molecule has 4 rings (SSSR count). The van der Waals surface area contributed by atoms with Gasteiger partial charge in [-0.25, -0.2) is 4.68 Å². The van der Waals surface area contributed by atoms with Gasteiger partial charge in [-0.2, -0.15) is 5.10 Å². The number of nitrogens with zero attached hydrogens (tertiary/aromatic N) is 2. The Hall–Kier alpha value is -3.23. The quantitative estimate of drug-likeness (QED) is 0.539. The number of halogens is 2. The summed E-state index contributed by atoms with van der Waals surface area (Å²) in [6, 6.07) is 9.41. The van der Waals surface area contributed by atoms with Crippen LogP contribution in [0.15, 0.2) is 36.4 Å². The minimum atomic E-state index is -0.785. The largest absolute Gasteiger partial charge is 0.493 e. The van der Waals surface area contributed by atoms with E-state index in [2.05, 4.69) is 15.7 Å². The summed E-state index contributed by atoms with van der Waals surface area (Å²) in [6.45, 7) is 1.84. The summed E-state index contributed by atoms with van der Waals surface area (Å²) in [4.78, 5) is 25.3. The first-order valence-electron chi connectivity index (χ1n) is 9.69. The monoisotopic (exact) mass is 474 g/mol. The standard InChI is InChI=1S/C22H20Cl2N4O4/c1-11-20(12-4-5-17(31-2)18(6-12)32-3)21-26-22(30)16(28(21)27-11)10-19(29)25-15-8-13(23)7-14(24)9-15/h4-9,16H,10H2,1-3H3,(H,25,29)(H,26,30). The van der Waals surface area contributed by atoms with Crippen LogP contribution in [0, 0.1) is 6.92 Å². The van der Waals surface area contributed by atoms with Crippen molar-refractivity contribution in [3.05, 3.63) is 52.1 Å². The molecule has 1 aromatic heterocycles. The lowest BCUT2D eigenvalue weighted by molar-refractivity contribution is -0.123. The summed E-state index contributed by atoms with van der Waals surface area (Å²) in [6.07, 6.45) is -0.102. The van der Waals surface area contributed by atoms with Gasteiger partial charge >= 0.3 is 0 Å². The smallest absolute Gasteiger partial charge is 0.251 e. The number of methoxy groups -OCH3 is 2. The van der Waals surface area contributed by atoms with Crippen LogP contribution < -0.4 is 20.1 Å². The van der Waals surface area contributed by atoms with Crippen LogP contribution in [0.3, 0.4) is 0 Å². The summed E-state index contributed by atoms with van der Waals surface area (Å²) < 4.78 is 12.2. The molecule has 0 aliphatic carbocycles. The van der Waals surface area contributed by atoms with Crippen molar-refractivity contribution in [3.63, 3.8) is 0 Å². The van der Waals surface area contributed by atoms with Crippen LogP contribution in [-0.2, 0) is 9.59 Å². The molecular weight excluding hydrogens is 455 g/mol. The zero-order valence-corrected chi connectivity index (χ0v) is 19.0. The third-order valence-electron chi connectivity index (χ3n) is 5.12. The second-order valence-electron chi connectivity index (χ2n) is 7.24. The molecule has 166 valence electrons. The summed E-state index contributed by atoms with van der Waals surface area (Å²) >= 11 is 12.0. The van der Waals surface area contributed by atoms with Crippen LogP contribution in [0.25, 0.3) is 11.1 Å². The first kappa shape index (κ1) is 22.0. The number of carbonyl (C=O) groups is 2. The van der Waals surface area contributed by atoms with E-state index < -0.39 is 6.04 Å². The molecule has 2 aromatic carbocycles. The average Bonchev–Trinajstić information content (AvgIpc) is 3.20. The number of nitrogens with one attached hydrogen (secondary N) is 2. The molecule has 1 atom stereocenters. The highest BCUT2D eigenvalue weighted by atomic mass is 35.5. The SMILES string of the molecule is COc1ccc(-c2c(C)nn3c2NC(=O)C3CC(=O)Nc2cc(Cl)cc(Cl)c2)cc1OC. The molecule has 1 unspecified atom stereocenters. The first-order chi connectivity index (χ1) is 15.3. The fourth-order valence-corrected chi connectivity index (χ4v) is 4.26. The summed E-state index contributed by atoms with van der Waals surface area (Å²) in [7, 11) is 3.12. The van der Waals surface area contributed by atoms with Gasteiger partial charge in [0.1, 0.15) is 11.9 Å². The lowest BCUT2D eigenvalue weighted by Crippen LogP contribution is -2.23. The van der Waals surface area contributed by atoms with E-state index in [-0.39, 0.29) is 18.2 Å². The molecule has 2 heterocycles. The normalized spacial score (nSPS) is 14.7. The Labute approximate surface area is 194 Å². The molecule has 10 heteroatoms. The summed E-state index contributed by atoms with van der Waals surface area (Å²) in [5, 5.41) is 10.9. The van der Waals surface area contributed by atoms with Gasteiger partial charge in [0.15, 0.2) is 11.5 Å². The molecule has 0 saturated carbocycles. The molecule has 3 aromatic rings. The predicted molar refractivity (Wildman–Crippen MR) is 123 cm³/mol. The van der Waals surface area contributed by atoms with Gasteiger partial charge in [0.2, 0.25) is 5.91 Å². The number of hydrogen-bond acceptors (Lipinski definition) is 5. The molecule has 2 N–H and O–H groups in total. The molecule has 0 spiro atoms. The Morgan fingerprint density at radius 2 is 1.81 bits per heavy atom. The number of anilines is 2. The Balaban J connectivity index is 1.60. The van der Waals surface area contributed by atoms with Crippen LogP contribution in [0.4, 0.5) is 11.5 Å². The van der Waals surface area contributed by atoms with E-state index >= 15 is 0 Å². The van der Waals surface area contributed by atoms with E-state index in [1.54, 1.807) is 43.2 Å². The minimum Gasteiger partial charge on any atom is -0.493 e. The molecule has 1 aliphatic heterocycles. The van der Waals surface area contributed by atoms with Gasteiger partial charge in [-0.15, -0.1) is 0 Å². The number of carbonyl (C=O) groups excluding carboxylic acids is 2. The van der Waals surface area contributed by atoms with Crippen molar-refractivity contribution in [1.82, 2.24) is 9.78 Å². The van der Waals surface area contributed by atoms with Crippen molar-refractivity contribution >= 4 is 46.5 Å². The second kappa shape index (κ2) is 8.72. The fourth-order valence-electron chi connectivity index (χ4n) is 3.73. The maximum atomic E-state index is 12.7. The van der Waals surface area contributed by atoms with E-state index in [9.17, 15) is 9.59 Å². The topological polar surface area (TPSA) is 94.5 Å². The molecule has 0 bridgehead atoms. The lowest BCUT2D eigenvalue weighted by Gasteiger charge is -2.10. The Morgan fingerprint density at radius 3 is 2.47 bits per heavy atom. The third-order valence-corrected chi connectivity index (χ3v) is 5.56. The molecule has 8 nitrogen and oxygen atoms in total. The van der Waals surface area contributed by atoms with Gasteiger partial charge in [0, 0.05) is 21.3 Å². The van der Waals surface area contributed by atoms with Crippen molar-refractivity contribution in [2.45, 2.75) is 19.4 Å². The molecule has 0 radical (unpaired) electrons. The number of rotatable bonds is 6. The highest BCUT2D eigenvalue weighted by Crippen LogP contribution is 2.41. The van der Waals surface area contributed by atoms with Gasteiger partial charge in [-0.1, -0.05) is 29.3 Å². The van der Waals surface area contributed by atoms with Crippen molar-refractivity contribution in [1.29, 1.82) is 0 Å². The van der Waals surface area contributed by atoms with Gasteiger partial charge in [0.25, 0.3) is 5.91 Å². The first-order valence-corrected chi connectivity index (χ1v) is 10.4. The molecule has 0 saturated heterocycles. The molecule has 2 amide bonds. The third kappa shape index (κ3) is 4.11. The number of benzene rings is 2. The number of aromatic nitrogens is 2. The number of aryl methyl sites for hydroxylation is 1. The lowest BCUT2D eigenvalue weighted by atomic mass is 10.1. The number of hydrogen-bond donors (Lipinski definition) is 2. The maximum Gasteiger partial charge on any atom is 0.251 e. The second-order valence-corrected chi connectivity index (χ2v) is 8.11. The summed E-state index contributed by atoms with van der Waals surface area (Å²) in [5.74, 6) is 1.01. The van der Waals surface area contributed by atoms with E-state index in [1.165, 1.54) is 0 Å². The number of ether oxygens (including phenoxy) is 2. The van der Waals surface area contributed by atoms with Crippen molar-refractivity contribution in [2.24, 2.45) is 0 Å². The number of amides is 2. The van der Waals surface area contributed by atoms with Crippen LogP contribution in [-0.4, -0.2) is 35.8 Å². The zero-order valence-electron chi connectivity index (χ0n) is 17.5. The Kier molecular flexibility index (Phi) is 5.99. The molecular formula is C22H20Cl2N4O4. The van der Waals surface area contributed by atoms with E-state index in [4.69, 9.17) is 32.7 Å². The van der Waals surface area contributed by atoms with Gasteiger partial charge in [-0.05, 0) is 42.8 Å². The van der Waals surface area contributed by atoms with Crippen LogP contribution in [0.1, 0.15) is 18.2 Å². The van der Waals surface area contributed by atoms with Crippen molar-refractivity contribution in [2.75, 3.05) is 24.9 Å². The Bertz CT molecular complexity index is 1200. The van der Waals surface area contributed by atoms with Crippen molar-refractivity contribution in [3.8, 4) is 22.6 Å². The maximum absolute atomic E-state index is 12.7. The van der Waals surface area contributed by atoms with Crippen molar-refractivity contribution < 1.29 is 19.1 Å². The van der Waals surface area contributed by atoms with E-state index in [0.29, 0.717) is 38.7 Å². The minimum absolute atomic E-state index is 0.102. The summed E-state index contributed by atoms with van der Waals surface area (Å²) in [5.41, 5.74) is 2.72. The highest BCUT2D eigenvalue weighted by Gasteiger charge is 2.36. The molecule has 1 aliphatic rings. The molecule has 32 heavy (non-hydrogen) atoms.